The molecule has 1 heteroatoms. The maximum Gasteiger partial charge on any atom is 0.0559 e. The minimum absolute atomic E-state index is 0.369. The summed E-state index contributed by atoms with van der Waals surface area (Å²) in [6, 6.07) is 18.4. The van der Waals surface area contributed by atoms with Crippen LogP contribution in [0.4, 0.5) is 5.69 Å². The van der Waals surface area contributed by atoms with Gasteiger partial charge in [-0.25, -0.2) is 0 Å². The Morgan fingerprint density at radius 3 is 2.50 bits per heavy atom. The summed E-state index contributed by atoms with van der Waals surface area (Å²) in [5.41, 5.74) is 8.46. The molecule has 1 N–H and O–H groups in total. The summed E-state index contributed by atoms with van der Waals surface area (Å²) in [6.07, 6.45) is 5.97. The lowest BCUT2D eigenvalue weighted by molar-refractivity contribution is 0.424. The highest BCUT2D eigenvalue weighted by Crippen LogP contribution is 2.52. The minimum Gasteiger partial charge on any atom is -0.377 e. The van der Waals surface area contributed by atoms with Gasteiger partial charge >= 0.3 is 0 Å². The van der Waals surface area contributed by atoms with Gasteiger partial charge in [0, 0.05) is 17.0 Å². The zero-order valence-electron chi connectivity index (χ0n) is 15.7. The van der Waals surface area contributed by atoms with Crippen LogP contribution in [0.1, 0.15) is 46.2 Å². The number of allylic oxidation sites excluding steroid dienone is 2. The summed E-state index contributed by atoms with van der Waals surface area (Å²) >= 11 is 0. The first-order valence-electron chi connectivity index (χ1n) is 9.66. The summed E-state index contributed by atoms with van der Waals surface area (Å²) in [5, 5.41) is 6.65. The molecule has 3 atom stereocenters. The lowest BCUT2D eigenvalue weighted by atomic mass is 9.74. The number of hydrogen-bond donors (Lipinski definition) is 1. The third-order valence-corrected chi connectivity index (χ3v) is 6.31. The van der Waals surface area contributed by atoms with Crippen LogP contribution < -0.4 is 5.32 Å². The predicted octanol–water partition coefficient (Wildman–Crippen LogP) is 6.59. The Hall–Kier alpha value is -2.54. The number of rotatable bonds is 1. The lowest BCUT2D eigenvalue weighted by Crippen LogP contribution is -2.30. The van der Waals surface area contributed by atoms with E-state index in [1.807, 2.05) is 0 Å². The average Bonchev–Trinajstić information content (AvgIpc) is 3.11. The quantitative estimate of drug-likeness (QED) is 0.493. The van der Waals surface area contributed by atoms with Gasteiger partial charge in [0.2, 0.25) is 0 Å². The Kier molecular flexibility index (Phi) is 3.46. The smallest absolute Gasteiger partial charge is 0.0559 e. The molecule has 1 aliphatic heterocycles. The number of fused-ring (bicyclic) bond motifs is 5. The molecule has 0 spiro atoms. The molecule has 0 bridgehead atoms. The molecule has 5 rings (SSSR count). The monoisotopic (exact) mass is 339 g/mol. The molecule has 0 saturated carbocycles. The van der Waals surface area contributed by atoms with Crippen LogP contribution in [-0.4, -0.2) is 0 Å². The van der Waals surface area contributed by atoms with Crippen molar-refractivity contribution in [2.24, 2.45) is 5.92 Å². The van der Waals surface area contributed by atoms with E-state index in [0.29, 0.717) is 17.9 Å². The fourth-order valence-corrected chi connectivity index (χ4v) is 5.31. The van der Waals surface area contributed by atoms with Gasteiger partial charge in [-0.2, -0.15) is 0 Å². The lowest BCUT2D eigenvalue weighted by Gasteiger charge is -2.39. The molecule has 0 fully saturated rings. The van der Waals surface area contributed by atoms with Crippen molar-refractivity contribution in [3.8, 4) is 0 Å². The van der Waals surface area contributed by atoms with Crippen molar-refractivity contribution >= 4 is 16.5 Å². The first kappa shape index (κ1) is 15.7. The molecule has 3 aromatic carbocycles. The molecular formula is C25H25N. The predicted molar refractivity (Wildman–Crippen MR) is 111 cm³/mol. The molecule has 1 aliphatic carbocycles. The van der Waals surface area contributed by atoms with Gasteiger partial charge in [0.1, 0.15) is 0 Å². The van der Waals surface area contributed by atoms with E-state index < -0.39 is 0 Å². The first-order valence-corrected chi connectivity index (χ1v) is 9.66. The van der Waals surface area contributed by atoms with Gasteiger partial charge in [-0.3, -0.25) is 0 Å². The highest BCUT2D eigenvalue weighted by atomic mass is 15.0. The zero-order valence-corrected chi connectivity index (χ0v) is 15.7. The van der Waals surface area contributed by atoms with Gasteiger partial charge in [-0.05, 0) is 60.7 Å². The van der Waals surface area contributed by atoms with Gasteiger partial charge in [0.05, 0.1) is 6.04 Å². The summed E-state index contributed by atoms with van der Waals surface area (Å²) in [4.78, 5) is 0. The summed E-state index contributed by atoms with van der Waals surface area (Å²) in [5.74, 6) is 1.12. The molecule has 0 saturated heterocycles. The van der Waals surface area contributed by atoms with E-state index in [9.17, 15) is 0 Å². The van der Waals surface area contributed by atoms with Crippen molar-refractivity contribution < 1.29 is 0 Å². The molecule has 0 aromatic heterocycles. The van der Waals surface area contributed by atoms with E-state index in [1.54, 1.807) is 0 Å². The Labute approximate surface area is 155 Å². The van der Waals surface area contributed by atoms with Crippen molar-refractivity contribution in [2.45, 2.75) is 39.2 Å². The third-order valence-electron chi connectivity index (χ3n) is 6.31. The van der Waals surface area contributed by atoms with Crippen molar-refractivity contribution in [3.05, 3.63) is 88.5 Å². The fourth-order valence-electron chi connectivity index (χ4n) is 5.31. The second-order valence-electron chi connectivity index (χ2n) is 8.04. The number of anilines is 1. The van der Waals surface area contributed by atoms with Crippen molar-refractivity contribution in [1.82, 2.24) is 0 Å². The number of nitrogens with one attached hydrogen (secondary N) is 1. The summed E-state index contributed by atoms with van der Waals surface area (Å²) < 4.78 is 0. The van der Waals surface area contributed by atoms with Crippen LogP contribution in [0.3, 0.4) is 0 Å². The standard InChI is InChI=1S/C25H25N/c1-15-13-16(2)23(17(3)14-15)25-21-10-6-9-20(21)22-12-11-18-7-4-5-8-19(18)24(22)26-25/h4-9,11-14,20-21,25-26H,10H2,1-3H3. The number of hydrogen-bond acceptors (Lipinski definition) is 1. The Morgan fingerprint density at radius 1 is 0.923 bits per heavy atom. The number of aryl methyl sites for hydroxylation is 3. The van der Waals surface area contributed by atoms with Crippen molar-refractivity contribution in [1.29, 1.82) is 0 Å². The minimum atomic E-state index is 0.369. The van der Waals surface area contributed by atoms with Crippen LogP contribution >= 0.6 is 0 Å². The third kappa shape index (κ3) is 2.23. The zero-order chi connectivity index (χ0) is 17.8. The normalized spacial score (nSPS) is 23.6. The summed E-state index contributed by atoms with van der Waals surface area (Å²) in [6.45, 7) is 6.74. The van der Waals surface area contributed by atoms with Gasteiger partial charge in [0.15, 0.2) is 0 Å². The van der Waals surface area contributed by atoms with Gasteiger partial charge < -0.3 is 5.32 Å². The van der Waals surface area contributed by atoms with Crippen LogP contribution in [0.25, 0.3) is 10.8 Å². The molecule has 0 amide bonds. The molecule has 3 unspecified atom stereocenters. The molecular weight excluding hydrogens is 314 g/mol. The molecule has 0 radical (unpaired) electrons. The van der Waals surface area contributed by atoms with Crippen LogP contribution in [0, 0.1) is 26.7 Å². The van der Waals surface area contributed by atoms with Crippen LogP contribution in [-0.2, 0) is 0 Å². The molecule has 26 heavy (non-hydrogen) atoms. The Balaban J connectivity index is 1.73. The van der Waals surface area contributed by atoms with Gasteiger partial charge in [-0.15, -0.1) is 0 Å². The fraction of sp³-hybridized carbons (Fsp3) is 0.280. The van der Waals surface area contributed by atoms with Crippen LogP contribution in [0.2, 0.25) is 0 Å². The molecule has 1 nitrogen and oxygen atoms in total. The second-order valence-corrected chi connectivity index (χ2v) is 8.04. The maximum absolute atomic E-state index is 3.99. The van der Waals surface area contributed by atoms with E-state index in [1.165, 1.54) is 44.3 Å². The topological polar surface area (TPSA) is 12.0 Å². The van der Waals surface area contributed by atoms with E-state index >= 15 is 0 Å². The van der Waals surface area contributed by atoms with Crippen LogP contribution in [0.15, 0.2) is 60.7 Å². The largest absolute Gasteiger partial charge is 0.377 e. The van der Waals surface area contributed by atoms with E-state index in [4.69, 9.17) is 0 Å². The molecule has 3 aromatic rings. The Morgan fingerprint density at radius 2 is 1.69 bits per heavy atom. The maximum atomic E-state index is 3.99. The van der Waals surface area contributed by atoms with Gasteiger partial charge in [-0.1, -0.05) is 66.2 Å². The summed E-state index contributed by atoms with van der Waals surface area (Å²) in [7, 11) is 0. The number of benzene rings is 3. The molecule has 1 heterocycles. The molecule has 130 valence electrons. The average molecular weight is 339 g/mol. The van der Waals surface area contributed by atoms with Crippen LogP contribution in [0.5, 0.6) is 0 Å². The SMILES string of the molecule is Cc1cc(C)c(C2Nc3c(ccc4ccccc34)C3C=CCC32)c(C)c1. The highest BCUT2D eigenvalue weighted by Gasteiger charge is 2.39. The van der Waals surface area contributed by atoms with E-state index in [2.05, 4.69) is 86.8 Å². The van der Waals surface area contributed by atoms with Gasteiger partial charge in [0.25, 0.3) is 0 Å². The van der Waals surface area contributed by atoms with E-state index in [0.717, 1.165) is 6.42 Å². The molecule has 2 aliphatic rings. The highest BCUT2D eigenvalue weighted by molar-refractivity contribution is 5.96. The second kappa shape index (κ2) is 5.74. The Bertz CT molecular complexity index is 1020. The van der Waals surface area contributed by atoms with E-state index in [-0.39, 0.29) is 0 Å². The van der Waals surface area contributed by atoms with Crippen molar-refractivity contribution in [3.63, 3.8) is 0 Å². The first-order chi connectivity index (χ1) is 12.6. The van der Waals surface area contributed by atoms with Crippen molar-refractivity contribution in [2.75, 3.05) is 5.32 Å².